The first-order valence-electron chi connectivity index (χ1n) is 6.23. The summed E-state index contributed by atoms with van der Waals surface area (Å²) in [5, 5.41) is 0. The normalized spacial score (nSPS) is 18.5. The Morgan fingerprint density at radius 2 is 1.53 bits per heavy atom. The van der Waals surface area contributed by atoms with Gasteiger partial charge in [0.15, 0.2) is 0 Å². The minimum Gasteiger partial charge on any atom is -0.366 e. The van der Waals surface area contributed by atoms with E-state index in [4.69, 9.17) is 0 Å². The molecule has 0 N–H and O–H groups in total. The highest BCUT2D eigenvalue weighted by atomic mass is 15.3. The SMILES string of the molecule is CN1CCN(c2cnc(C(C)(C)C)nc2)CC1. The van der Waals surface area contributed by atoms with E-state index in [0.717, 1.165) is 37.7 Å². The first kappa shape index (κ1) is 12.3. The fourth-order valence-corrected chi connectivity index (χ4v) is 1.94. The van der Waals surface area contributed by atoms with Crippen LogP contribution in [0, 0.1) is 0 Å². The van der Waals surface area contributed by atoms with Gasteiger partial charge >= 0.3 is 0 Å². The van der Waals surface area contributed by atoms with Gasteiger partial charge in [0, 0.05) is 31.6 Å². The number of anilines is 1. The second-order valence-electron chi connectivity index (χ2n) is 5.81. The van der Waals surface area contributed by atoms with Crippen LogP contribution >= 0.6 is 0 Å². The van der Waals surface area contributed by atoms with E-state index in [1.807, 2.05) is 12.4 Å². The Kier molecular flexibility index (Phi) is 3.33. The van der Waals surface area contributed by atoms with Crippen LogP contribution in [0.15, 0.2) is 12.4 Å². The van der Waals surface area contributed by atoms with Crippen LogP contribution in [0.4, 0.5) is 5.69 Å². The summed E-state index contributed by atoms with van der Waals surface area (Å²) in [6, 6.07) is 0. The van der Waals surface area contributed by atoms with E-state index in [1.165, 1.54) is 0 Å². The Bertz CT molecular complexity index is 358. The van der Waals surface area contributed by atoms with Gasteiger partial charge in [-0.15, -0.1) is 0 Å². The third-order valence-corrected chi connectivity index (χ3v) is 3.18. The van der Waals surface area contributed by atoms with Gasteiger partial charge in [0.05, 0.1) is 18.1 Å². The molecule has 0 saturated carbocycles. The Hall–Kier alpha value is -1.16. The Morgan fingerprint density at radius 1 is 1.00 bits per heavy atom. The molecule has 0 atom stereocenters. The Morgan fingerprint density at radius 3 is 2.00 bits per heavy atom. The maximum Gasteiger partial charge on any atom is 0.133 e. The summed E-state index contributed by atoms with van der Waals surface area (Å²) >= 11 is 0. The molecule has 17 heavy (non-hydrogen) atoms. The van der Waals surface area contributed by atoms with Crippen molar-refractivity contribution in [3.63, 3.8) is 0 Å². The van der Waals surface area contributed by atoms with E-state index in [1.54, 1.807) is 0 Å². The van der Waals surface area contributed by atoms with Gasteiger partial charge in [-0.05, 0) is 7.05 Å². The van der Waals surface area contributed by atoms with Crippen LogP contribution in [0.5, 0.6) is 0 Å². The molecule has 0 spiro atoms. The number of hydrogen-bond acceptors (Lipinski definition) is 4. The van der Waals surface area contributed by atoms with Gasteiger partial charge < -0.3 is 9.80 Å². The zero-order valence-electron chi connectivity index (χ0n) is 11.3. The molecule has 1 aliphatic heterocycles. The van der Waals surface area contributed by atoms with Crippen LogP contribution in [0.1, 0.15) is 26.6 Å². The molecule has 1 aromatic heterocycles. The highest BCUT2D eigenvalue weighted by Crippen LogP contribution is 2.20. The monoisotopic (exact) mass is 234 g/mol. The summed E-state index contributed by atoms with van der Waals surface area (Å²) in [4.78, 5) is 13.7. The van der Waals surface area contributed by atoms with E-state index in [2.05, 4.69) is 47.6 Å². The van der Waals surface area contributed by atoms with Gasteiger partial charge in [0.1, 0.15) is 5.82 Å². The fraction of sp³-hybridized carbons (Fsp3) is 0.692. The van der Waals surface area contributed by atoms with Gasteiger partial charge in [-0.2, -0.15) is 0 Å². The smallest absolute Gasteiger partial charge is 0.133 e. The van der Waals surface area contributed by atoms with Gasteiger partial charge in [0.2, 0.25) is 0 Å². The molecule has 1 aromatic rings. The standard InChI is InChI=1S/C13H22N4/c1-13(2,3)12-14-9-11(10-15-12)17-7-5-16(4)6-8-17/h9-10H,5-8H2,1-4H3. The predicted octanol–water partition coefficient (Wildman–Crippen LogP) is 1.53. The lowest BCUT2D eigenvalue weighted by molar-refractivity contribution is 0.312. The summed E-state index contributed by atoms with van der Waals surface area (Å²) in [5.74, 6) is 0.912. The lowest BCUT2D eigenvalue weighted by atomic mass is 9.96. The van der Waals surface area contributed by atoms with Gasteiger partial charge in [0.25, 0.3) is 0 Å². The molecule has 0 amide bonds. The summed E-state index contributed by atoms with van der Waals surface area (Å²) < 4.78 is 0. The van der Waals surface area contributed by atoms with Crippen molar-refractivity contribution in [3.8, 4) is 0 Å². The zero-order chi connectivity index (χ0) is 12.5. The molecule has 94 valence electrons. The predicted molar refractivity (Wildman–Crippen MR) is 70.4 cm³/mol. The summed E-state index contributed by atoms with van der Waals surface area (Å²) in [6.45, 7) is 10.8. The van der Waals surface area contributed by atoms with Crippen molar-refractivity contribution in [2.75, 3.05) is 38.1 Å². The molecule has 1 aliphatic rings. The van der Waals surface area contributed by atoms with E-state index in [0.29, 0.717) is 0 Å². The number of rotatable bonds is 1. The molecule has 0 unspecified atom stereocenters. The van der Waals surface area contributed by atoms with Crippen molar-refractivity contribution in [2.24, 2.45) is 0 Å². The maximum atomic E-state index is 4.48. The molecule has 0 radical (unpaired) electrons. The summed E-state index contributed by atoms with van der Waals surface area (Å²) in [7, 11) is 2.16. The van der Waals surface area contributed by atoms with Crippen molar-refractivity contribution in [1.29, 1.82) is 0 Å². The third kappa shape index (κ3) is 2.94. The second-order valence-corrected chi connectivity index (χ2v) is 5.81. The zero-order valence-corrected chi connectivity index (χ0v) is 11.3. The van der Waals surface area contributed by atoms with Crippen molar-refractivity contribution < 1.29 is 0 Å². The highest BCUT2D eigenvalue weighted by molar-refractivity contribution is 5.42. The minimum absolute atomic E-state index is 0.0284. The molecule has 2 heterocycles. The van der Waals surface area contributed by atoms with E-state index < -0.39 is 0 Å². The van der Waals surface area contributed by atoms with E-state index in [9.17, 15) is 0 Å². The van der Waals surface area contributed by atoms with Gasteiger partial charge in [-0.25, -0.2) is 9.97 Å². The van der Waals surface area contributed by atoms with Gasteiger partial charge in [-0.1, -0.05) is 20.8 Å². The molecule has 1 fully saturated rings. The average molecular weight is 234 g/mol. The van der Waals surface area contributed by atoms with Crippen LogP contribution in [0.25, 0.3) is 0 Å². The number of nitrogens with zero attached hydrogens (tertiary/aromatic N) is 4. The van der Waals surface area contributed by atoms with E-state index in [-0.39, 0.29) is 5.41 Å². The Labute approximate surface area is 104 Å². The van der Waals surface area contributed by atoms with Crippen LogP contribution in [-0.4, -0.2) is 48.1 Å². The van der Waals surface area contributed by atoms with Crippen LogP contribution in [-0.2, 0) is 5.41 Å². The van der Waals surface area contributed by atoms with Gasteiger partial charge in [-0.3, -0.25) is 0 Å². The first-order chi connectivity index (χ1) is 7.97. The molecular weight excluding hydrogens is 212 g/mol. The van der Waals surface area contributed by atoms with Crippen molar-refractivity contribution in [1.82, 2.24) is 14.9 Å². The average Bonchev–Trinajstić information content (AvgIpc) is 2.29. The molecule has 0 aliphatic carbocycles. The number of aromatic nitrogens is 2. The van der Waals surface area contributed by atoms with Crippen LogP contribution in [0.2, 0.25) is 0 Å². The molecule has 4 nitrogen and oxygen atoms in total. The minimum atomic E-state index is 0.0284. The molecule has 1 saturated heterocycles. The van der Waals surface area contributed by atoms with E-state index >= 15 is 0 Å². The lowest BCUT2D eigenvalue weighted by Crippen LogP contribution is -2.44. The maximum absolute atomic E-state index is 4.48. The lowest BCUT2D eigenvalue weighted by Gasteiger charge is -2.33. The largest absolute Gasteiger partial charge is 0.366 e. The highest BCUT2D eigenvalue weighted by Gasteiger charge is 2.19. The Balaban J connectivity index is 2.08. The molecule has 2 rings (SSSR count). The van der Waals surface area contributed by atoms with Crippen LogP contribution in [0.3, 0.4) is 0 Å². The molecule has 0 bridgehead atoms. The molecular formula is C13H22N4. The number of likely N-dealkylation sites (N-methyl/N-ethyl adjacent to an activating group) is 1. The van der Waals surface area contributed by atoms with Crippen molar-refractivity contribution in [2.45, 2.75) is 26.2 Å². The summed E-state index contributed by atoms with van der Waals surface area (Å²) in [6.07, 6.45) is 3.91. The molecule has 0 aromatic carbocycles. The van der Waals surface area contributed by atoms with Crippen LogP contribution < -0.4 is 4.90 Å². The number of hydrogen-bond donors (Lipinski definition) is 0. The molecule has 4 heteroatoms. The summed E-state index contributed by atoms with van der Waals surface area (Å²) in [5.41, 5.74) is 1.17. The third-order valence-electron chi connectivity index (χ3n) is 3.18. The number of piperazine rings is 1. The first-order valence-corrected chi connectivity index (χ1v) is 6.23. The van der Waals surface area contributed by atoms with Crippen molar-refractivity contribution in [3.05, 3.63) is 18.2 Å². The van der Waals surface area contributed by atoms with Crippen molar-refractivity contribution >= 4 is 5.69 Å². The quantitative estimate of drug-likeness (QED) is 0.737. The fourth-order valence-electron chi connectivity index (χ4n) is 1.94. The second kappa shape index (κ2) is 4.61. The topological polar surface area (TPSA) is 32.3 Å².